The molecule has 2 N–H and O–H groups in total. The van der Waals surface area contributed by atoms with Crippen molar-refractivity contribution in [3.8, 4) is 11.5 Å². The molecular weight excluding hydrogens is 252 g/mol. The third-order valence-corrected chi connectivity index (χ3v) is 2.80. The molecule has 0 fully saturated rings. The number of nitrogens with two attached hydrogens (primary N) is 1. The fourth-order valence-electron chi connectivity index (χ4n) is 1.44. The minimum Gasteiger partial charge on any atom is -0.497 e. The molecule has 0 bridgehead atoms. The van der Waals surface area contributed by atoms with Gasteiger partial charge >= 0.3 is 0 Å². The average Bonchev–Trinajstić information content (AvgIpc) is 2.39. The standard InChI is InChI=1S/C13H13ClN2O2/c1-17-10-2-3-12(15)13(6-10)18-8-9-4-5-16-7-11(9)14/h2-7H,8,15H2,1H3. The number of nitrogens with zero attached hydrogens (tertiary/aromatic N) is 1. The van der Waals surface area contributed by atoms with Crippen molar-refractivity contribution in [3.05, 3.63) is 47.2 Å². The Morgan fingerprint density at radius 1 is 1.33 bits per heavy atom. The van der Waals surface area contributed by atoms with Gasteiger partial charge in [0.1, 0.15) is 18.1 Å². The Balaban J connectivity index is 2.13. The van der Waals surface area contributed by atoms with E-state index in [4.69, 9.17) is 26.8 Å². The maximum atomic E-state index is 5.99. The van der Waals surface area contributed by atoms with Crippen LogP contribution < -0.4 is 15.2 Å². The van der Waals surface area contributed by atoms with Gasteiger partial charge in [-0.15, -0.1) is 0 Å². The van der Waals surface area contributed by atoms with Gasteiger partial charge in [-0.1, -0.05) is 11.6 Å². The van der Waals surface area contributed by atoms with Crippen LogP contribution in [0.1, 0.15) is 5.56 Å². The second-order valence-corrected chi connectivity index (χ2v) is 4.07. The predicted octanol–water partition coefficient (Wildman–Crippen LogP) is 2.90. The molecular formula is C13H13ClN2O2. The summed E-state index contributed by atoms with van der Waals surface area (Å²) in [4.78, 5) is 3.91. The van der Waals surface area contributed by atoms with E-state index >= 15 is 0 Å². The van der Waals surface area contributed by atoms with Crippen LogP contribution in [0.4, 0.5) is 5.69 Å². The van der Waals surface area contributed by atoms with Crippen LogP contribution in [0.15, 0.2) is 36.7 Å². The first-order chi connectivity index (χ1) is 8.70. The molecule has 0 saturated heterocycles. The SMILES string of the molecule is COc1ccc(N)c(OCc2ccncc2Cl)c1. The Bertz CT molecular complexity index is 546. The summed E-state index contributed by atoms with van der Waals surface area (Å²) in [7, 11) is 1.59. The number of halogens is 1. The number of aromatic nitrogens is 1. The fourth-order valence-corrected chi connectivity index (χ4v) is 1.62. The van der Waals surface area contributed by atoms with Crippen LogP contribution in [0, 0.1) is 0 Å². The lowest BCUT2D eigenvalue weighted by molar-refractivity contribution is 0.305. The van der Waals surface area contributed by atoms with Crippen LogP contribution >= 0.6 is 11.6 Å². The van der Waals surface area contributed by atoms with E-state index in [1.165, 1.54) is 0 Å². The molecule has 0 amide bonds. The Hall–Kier alpha value is -1.94. The predicted molar refractivity (Wildman–Crippen MR) is 71.0 cm³/mol. The lowest BCUT2D eigenvalue weighted by atomic mass is 10.2. The number of benzene rings is 1. The third kappa shape index (κ3) is 2.84. The number of methoxy groups -OCH3 is 1. The number of nitrogen functional groups attached to an aromatic ring is 1. The van der Waals surface area contributed by atoms with Gasteiger partial charge in [0.05, 0.1) is 17.8 Å². The van der Waals surface area contributed by atoms with Crippen molar-refractivity contribution >= 4 is 17.3 Å². The molecule has 0 saturated carbocycles. The molecule has 2 aromatic rings. The normalized spacial score (nSPS) is 10.1. The van der Waals surface area contributed by atoms with Crippen molar-refractivity contribution in [2.45, 2.75) is 6.61 Å². The van der Waals surface area contributed by atoms with Crippen LogP contribution in [-0.2, 0) is 6.61 Å². The van der Waals surface area contributed by atoms with Crippen LogP contribution in [0.3, 0.4) is 0 Å². The largest absolute Gasteiger partial charge is 0.497 e. The number of rotatable bonds is 4. The van der Waals surface area contributed by atoms with Gasteiger partial charge in [0, 0.05) is 24.0 Å². The molecule has 0 atom stereocenters. The van der Waals surface area contributed by atoms with Crippen LogP contribution in [0.25, 0.3) is 0 Å². The van der Waals surface area contributed by atoms with Gasteiger partial charge in [0.15, 0.2) is 0 Å². The Labute approximate surface area is 110 Å². The summed E-state index contributed by atoms with van der Waals surface area (Å²) in [6.45, 7) is 0.332. The van der Waals surface area contributed by atoms with Crippen LogP contribution in [0.2, 0.25) is 5.02 Å². The van der Waals surface area contributed by atoms with E-state index in [0.29, 0.717) is 28.8 Å². The molecule has 0 aliphatic heterocycles. The van der Waals surface area contributed by atoms with Gasteiger partial charge in [0.2, 0.25) is 0 Å². The quantitative estimate of drug-likeness (QED) is 0.863. The summed E-state index contributed by atoms with van der Waals surface area (Å²) in [6.07, 6.45) is 3.24. The Kier molecular flexibility index (Phi) is 3.89. The average molecular weight is 265 g/mol. The zero-order valence-corrected chi connectivity index (χ0v) is 10.6. The summed E-state index contributed by atoms with van der Waals surface area (Å²) in [5.41, 5.74) is 7.23. The Morgan fingerprint density at radius 2 is 2.17 bits per heavy atom. The van der Waals surface area contributed by atoms with Gasteiger partial charge in [-0.3, -0.25) is 4.98 Å². The molecule has 4 nitrogen and oxygen atoms in total. The molecule has 1 aromatic carbocycles. The maximum Gasteiger partial charge on any atom is 0.146 e. The molecule has 0 aliphatic rings. The first-order valence-corrected chi connectivity index (χ1v) is 5.73. The molecule has 1 heterocycles. The maximum absolute atomic E-state index is 5.99. The minimum atomic E-state index is 0.332. The highest BCUT2D eigenvalue weighted by Crippen LogP contribution is 2.28. The lowest BCUT2D eigenvalue weighted by Gasteiger charge is -2.11. The highest BCUT2D eigenvalue weighted by Gasteiger charge is 2.05. The fraction of sp³-hybridized carbons (Fsp3) is 0.154. The highest BCUT2D eigenvalue weighted by molar-refractivity contribution is 6.31. The zero-order chi connectivity index (χ0) is 13.0. The molecule has 0 aliphatic carbocycles. The zero-order valence-electron chi connectivity index (χ0n) is 9.89. The van der Waals surface area contributed by atoms with Crippen LogP contribution in [0.5, 0.6) is 11.5 Å². The summed E-state index contributed by atoms with van der Waals surface area (Å²) >= 11 is 5.99. The number of anilines is 1. The smallest absolute Gasteiger partial charge is 0.146 e. The molecule has 1 aromatic heterocycles. The van der Waals surface area contributed by atoms with E-state index in [1.807, 2.05) is 0 Å². The summed E-state index contributed by atoms with van der Waals surface area (Å²) in [5.74, 6) is 1.27. The molecule has 94 valence electrons. The minimum absolute atomic E-state index is 0.332. The Morgan fingerprint density at radius 3 is 2.89 bits per heavy atom. The van der Waals surface area contributed by atoms with Gasteiger partial charge in [-0.25, -0.2) is 0 Å². The molecule has 2 rings (SSSR count). The lowest BCUT2D eigenvalue weighted by Crippen LogP contribution is -2.00. The van der Waals surface area contributed by atoms with E-state index in [2.05, 4.69) is 4.98 Å². The topological polar surface area (TPSA) is 57.4 Å². The molecule has 0 spiro atoms. The van der Waals surface area contributed by atoms with E-state index in [9.17, 15) is 0 Å². The van der Waals surface area contributed by atoms with Crippen molar-refractivity contribution in [2.75, 3.05) is 12.8 Å². The van der Waals surface area contributed by atoms with E-state index in [-0.39, 0.29) is 0 Å². The van der Waals surface area contributed by atoms with Crippen molar-refractivity contribution < 1.29 is 9.47 Å². The van der Waals surface area contributed by atoms with Gasteiger partial charge in [-0.2, -0.15) is 0 Å². The van der Waals surface area contributed by atoms with E-state index < -0.39 is 0 Å². The summed E-state index contributed by atoms with van der Waals surface area (Å²) in [5, 5.41) is 0.568. The monoisotopic (exact) mass is 264 g/mol. The van der Waals surface area contributed by atoms with Crippen molar-refractivity contribution in [1.29, 1.82) is 0 Å². The number of hydrogen-bond acceptors (Lipinski definition) is 4. The summed E-state index contributed by atoms with van der Waals surface area (Å²) < 4.78 is 10.7. The number of hydrogen-bond donors (Lipinski definition) is 1. The second-order valence-electron chi connectivity index (χ2n) is 3.66. The van der Waals surface area contributed by atoms with Crippen molar-refractivity contribution in [2.24, 2.45) is 0 Å². The van der Waals surface area contributed by atoms with Gasteiger partial charge < -0.3 is 15.2 Å². The van der Waals surface area contributed by atoms with Crippen LogP contribution in [-0.4, -0.2) is 12.1 Å². The molecule has 0 unspecified atom stereocenters. The third-order valence-electron chi connectivity index (χ3n) is 2.46. The van der Waals surface area contributed by atoms with Gasteiger partial charge in [-0.05, 0) is 18.2 Å². The number of pyridine rings is 1. The van der Waals surface area contributed by atoms with Crippen molar-refractivity contribution in [1.82, 2.24) is 4.98 Å². The van der Waals surface area contributed by atoms with Gasteiger partial charge in [0.25, 0.3) is 0 Å². The molecule has 5 heteroatoms. The highest BCUT2D eigenvalue weighted by atomic mass is 35.5. The van der Waals surface area contributed by atoms with Crippen molar-refractivity contribution in [3.63, 3.8) is 0 Å². The first kappa shape index (κ1) is 12.5. The molecule has 0 radical (unpaired) electrons. The summed E-state index contributed by atoms with van der Waals surface area (Å²) in [6, 6.07) is 7.06. The second kappa shape index (κ2) is 5.60. The first-order valence-electron chi connectivity index (χ1n) is 5.35. The van der Waals surface area contributed by atoms with E-state index in [1.54, 1.807) is 43.8 Å². The van der Waals surface area contributed by atoms with E-state index in [0.717, 1.165) is 5.56 Å². The number of ether oxygens (including phenoxy) is 2. The molecule has 18 heavy (non-hydrogen) atoms.